The van der Waals surface area contributed by atoms with Gasteiger partial charge in [0.05, 0.1) is 5.56 Å². The van der Waals surface area contributed by atoms with E-state index in [1.165, 1.54) is 0 Å². The average Bonchev–Trinajstić information content (AvgIpc) is 2.41. The van der Waals surface area contributed by atoms with Crippen LogP contribution in [-0.4, -0.2) is 38.7 Å². The molecular weight excluding hydrogens is 248 g/mol. The fourth-order valence-corrected chi connectivity index (χ4v) is 1.43. The normalized spacial score (nSPS) is 9.95. The van der Waals surface area contributed by atoms with E-state index in [1.54, 1.807) is 31.4 Å². The van der Waals surface area contributed by atoms with Crippen LogP contribution in [0.2, 0.25) is 0 Å². The summed E-state index contributed by atoms with van der Waals surface area (Å²) in [6.45, 7) is 0.955. The van der Waals surface area contributed by atoms with Crippen LogP contribution in [0, 0.1) is 0 Å². The van der Waals surface area contributed by atoms with Gasteiger partial charge >= 0.3 is 0 Å². The Morgan fingerprint density at radius 2 is 2.05 bits per heavy atom. The molecule has 0 aromatic heterocycles. The van der Waals surface area contributed by atoms with E-state index in [0.29, 0.717) is 18.9 Å². The van der Waals surface area contributed by atoms with Crippen LogP contribution in [0.25, 0.3) is 0 Å². The Morgan fingerprint density at radius 1 is 1.32 bits per heavy atom. The molecule has 0 radical (unpaired) electrons. The smallest absolute Gasteiger partial charge is 0.257 e. The molecule has 1 rings (SSSR count). The molecule has 0 spiro atoms. The van der Waals surface area contributed by atoms with Gasteiger partial charge in [0, 0.05) is 20.3 Å². The number of ether oxygens (including phenoxy) is 2. The number of rotatable bonds is 8. The highest BCUT2D eigenvalue weighted by atomic mass is 16.5. The van der Waals surface area contributed by atoms with Gasteiger partial charge in [-0.15, -0.1) is 0 Å². The summed E-state index contributed by atoms with van der Waals surface area (Å²) < 4.78 is 10.1. The summed E-state index contributed by atoms with van der Waals surface area (Å²) in [5.41, 5.74) is 5.46. The number of carbonyl (C=O) groups is 2. The lowest BCUT2D eigenvalue weighted by Gasteiger charge is -2.09. The predicted molar refractivity (Wildman–Crippen MR) is 70.0 cm³/mol. The Labute approximate surface area is 111 Å². The zero-order valence-corrected chi connectivity index (χ0v) is 10.8. The monoisotopic (exact) mass is 266 g/mol. The first-order valence-corrected chi connectivity index (χ1v) is 5.92. The number of methoxy groups -OCH3 is 1. The first kappa shape index (κ1) is 15.0. The molecule has 1 aromatic carbocycles. The number of amides is 2. The molecule has 0 saturated heterocycles. The van der Waals surface area contributed by atoms with Crippen LogP contribution >= 0.6 is 0 Å². The van der Waals surface area contributed by atoms with Gasteiger partial charge < -0.3 is 20.5 Å². The van der Waals surface area contributed by atoms with Crippen LogP contribution in [0.15, 0.2) is 24.3 Å². The highest BCUT2D eigenvalue weighted by Gasteiger charge is 2.09. The summed E-state index contributed by atoms with van der Waals surface area (Å²) in [4.78, 5) is 22.6. The molecule has 0 atom stereocenters. The molecule has 0 unspecified atom stereocenters. The van der Waals surface area contributed by atoms with Gasteiger partial charge in [0.15, 0.2) is 6.61 Å². The van der Waals surface area contributed by atoms with Gasteiger partial charge in [0.25, 0.3) is 11.8 Å². The highest BCUT2D eigenvalue weighted by molar-refractivity contribution is 5.95. The van der Waals surface area contributed by atoms with Crippen molar-refractivity contribution in [2.45, 2.75) is 6.42 Å². The van der Waals surface area contributed by atoms with Gasteiger partial charge in [0.2, 0.25) is 0 Å². The summed E-state index contributed by atoms with van der Waals surface area (Å²) in [6, 6.07) is 6.53. The van der Waals surface area contributed by atoms with E-state index in [0.717, 1.165) is 6.42 Å². The molecule has 3 N–H and O–H groups in total. The first-order chi connectivity index (χ1) is 9.15. The van der Waals surface area contributed by atoms with Crippen LogP contribution in [0.5, 0.6) is 5.75 Å². The standard InChI is InChI=1S/C13H18N2O4/c1-18-8-4-7-15-12(16)9-19-11-6-3-2-5-10(11)13(14)17/h2-3,5-6H,4,7-9H2,1H3,(H2,14,17)(H,15,16). The molecule has 0 aliphatic rings. The lowest BCUT2D eigenvalue weighted by atomic mass is 10.2. The zero-order valence-electron chi connectivity index (χ0n) is 10.8. The number of hydrogen-bond acceptors (Lipinski definition) is 4. The Balaban J connectivity index is 2.40. The predicted octanol–water partition coefficient (Wildman–Crippen LogP) is 0.317. The van der Waals surface area contributed by atoms with Gasteiger partial charge in [-0.05, 0) is 18.6 Å². The Morgan fingerprint density at radius 3 is 2.74 bits per heavy atom. The number of nitrogens with one attached hydrogen (secondary N) is 1. The minimum absolute atomic E-state index is 0.155. The van der Waals surface area contributed by atoms with Crippen molar-refractivity contribution >= 4 is 11.8 Å². The van der Waals surface area contributed by atoms with E-state index in [4.69, 9.17) is 15.2 Å². The first-order valence-electron chi connectivity index (χ1n) is 5.92. The Bertz CT molecular complexity index is 434. The zero-order chi connectivity index (χ0) is 14.1. The van der Waals surface area contributed by atoms with Gasteiger partial charge in [-0.25, -0.2) is 0 Å². The molecule has 0 aliphatic heterocycles. The molecule has 6 heteroatoms. The highest BCUT2D eigenvalue weighted by Crippen LogP contribution is 2.16. The molecule has 1 aromatic rings. The quantitative estimate of drug-likeness (QED) is 0.663. The molecule has 0 fully saturated rings. The fourth-order valence-electron chi connectivity index (χ4n) is 1.43. The van der Waals surface area contributed by atoms with Crippen molar-refractivity contribution < 1.29 is 19.1 Å². The molecule has 0 bridgehead atoms. The molecule has 104 valence electrons. The molecule has 19 heavy (non-hydrogen) atoms. The molecular formula is C13H18N2O4. The van der Waals surface area contributed by atoms with Crippen LogP contribution in [-0.2, 0) is 9.53 Å². The van der Waals surface area contributed by atoms with Crippen molar-refractivity contribution in [3.05, 3.63) is 29.8 Å². The van der Waals surface area contributed by atoms with Crippen molar-refractivity contribution in [1.82, 2.24) is 5.32 Å². The van der Waals surface area contributed by atoms with Crippen LogP contribution in [0.1, 0.15) is 16.8 Å². The maximum absolute atomic E-state index is 11.5. The second-order valence-electron chi connectivity index (χ2n) is 3.85. The summed E-state index contributed by atoms with van der Waals surface area (Å²) >= 11 is 0. The SMILES string of the molecule is COCCCNC(=O)COc1ccccc1C(N)=O. The Kier molecular flexibility index (Phi) is 6.38. The second kappa shape index (κ2) is 8.10. The third-order valence-corrected chi connectivity index (χ3v) is 2.36. The van der Waals surface area contributed by atoms with E-state index in [-0.39, 0.29) is 18.1 Å². The minimum Gasteiger partial charge on any atom is -0.483 e. The summed E-state index contributed by atoms with van der Waals surface area (Å²) in [5.74, 6) is -0.534. The van der Waals surface area contributed by atoms with Crippen LogP contribution in [0.3, 0.4) is 0 Å². The van der Waals surface area contributed by atoms with Crippen molar-refractivity contribution in [1.29, 1.82) is 0 Å². The maximum Gasteiger partial charge on any atom is 0.257 e. The van der Waals surface area contributed by atoms with Gasteiger partial charge in [-0.2, -0.15) is 0 Å². The van der Waals surface area contributed by atoms with Gasteiger partial charge in [-0.1, -0.05) is 12.1 Å². The van der Waals surface area contributed by atoms with Crippen molar-refractivity contribution in [2.75, 3.05) is 26.9 Å². The third kappa shape index (κ3) is 5.39. The molecule has 0 saturated carbocycles. The van der Waals surface area contributed by atoms with Crippen LogP contribution in [0.4, 0.5) is 0 Å². The number of benzene rings is 1. The lowest BCUT2D eigenvalue weighted by molar-refractivity contribution is -0.123. The number of nitrogens with two attached hydrogens (primary N) is 1. The summed E-state index contributed by atoms with van der Waals surface area (Å²) in [7, 11) is 1.60. The van der Waals surface area contributed by atoms with E-state index in [9.17, 15) is 9.59 Å². The number of hydrogen-bond donors (Lipinski definition) is 2. The summed E-state index contributed by atoms with van der Waals surface area (Å²) in [6.07, 6.45) is 0.736. The van der Waals surface area contributed by atoms with Crippen molar-refractivity contribution in [3.63, 3.8) is 0 Å². The summed E-state index contributed by atoms with van der Waals surface area (Å²) in [5, 5.41) is 2.68. The number of carbonyl (C=O) groups excluding carboxylic acids is 2. The number of para-hydroxylation sites is 1. The topological polar surface area (TPSA) is 90.7 Å². The fraction of sp³-hybridized carbons (Fsp3) is 0.385. The second-order valence-corrected chi connectivity index (χ2v) is 3.85. The molecule has 2 amide bonds. The average molecular weight is 266 g/mol. The van der Waals surface area contributed by atoms with Gasteiger partial charge in [-0.3, -0.25) is 9.59 Å². The van der Waals surface area contributed by atoms with Crippen molar-refractivity contribution in [2.24, 2.45) is 5.73 Å². The largest absolute Gasteiger partial charge is 0.483 e. The van der Waals surface area contributed by atoms with Gasteiger partial charge in [0.1, 0.15) is 5.75 Å². The lowest BCUT2D eigenvalue weighted by Crippen LogP contribution is -2.30. The molecule has 6 nitrogen and oxygen atoms in total. The Hall–Kier alpha value is -2.08. The van der Waals surface area contributed by atoms with E-state index < -0.39 is 5.91 Å². The molecule has 0 heterocycles. The number of primary amides is 1. The molecule has 0 aliphatic carbocycles. The minimum atomic E-state index is -0.587. The van der Waals surface area contributed by atoms with E-state index in [2.05, 4.69) is 5.32 Å². The van der Waals surface area contributed by atoms with E-state index in [1.807, 2.05) is 0 Å². The van der Waals surface area contributed by atoms with Crippen LogP contribution < -0.4 is 15.8 Å². The van der Waals surface area contributed by atoms with E-state index >= 15 is 0 Å². The van der Waals surface area contributed by atoms with Crippen molar-refractivity contribution in [3.8, 4) is 5.75 Å². The maximum atomic E-state index is 11.5. The third-order valence-electron chi connectivity index (χ3n) is 2.36.